The van der Waals surface area contributed by atoms with Gasteiger partial charge in [0.05, 0.1) is 48.1 Å². The van der Waals surface area contributed by atoms with Crippen LogP contribution in [0.2, 0.25) is 5.02 Å². The number of allylic oxidation sites excluding steroid dienone is 1. The number of carbonyl (C=O) groups is 6. The van der Waals surface area contributed by atoms with Crippen LogP contribution < -0.4 is 30.9 Å². The number of thioether (sulfide) groups is 1. The Hall–Kier alpha value is -8.23. The molecule has 0 saturated carbocycles. The maximum Gasteiger partial charge on any atom is 0.501 e. The maximum atomic E-state index is 14.5. The number of halogens is 4. The van der Waals surface area contributed by atoms with Crippen molar-refractivity contribution >= 4 is 101 Å². The highest BCUT2D eigenvalue weighted by molar-refractivity contribution is 7.99. The van der Waals surface area contributed by atoms with Gasteiger partial charge in [0.15, 0.2) is 0 Å². The summed E-state index contributed by atoms with van der Waals surface area (Å²) in [7, 11) is -11.1. The van der Waals surface area contributed by atoms with Crippen molar-refractivity contribution in [1.29, 1.82) is 5.53 Å². The molecule has 5 aromatic rings. The number of benzene rings is 5. The first-order valence-corrected chi connectivity index (χ1v) is 38.2. The Labute approximate surface area is 601 Å². The van der Waals surface area contributed by atoms with E-state index in [0.29, 0.717) is 87.7 Å². The van der Waals surface area contributed by atoms with E-state index < -0.39 is 82.5 Å². The Morgan fingerprint density at radius 2 is 1.53 bits per heavy atom. The van der Waals surface area contributed by atoms with Gasteiger partial charge < -0.3 is 35.2 Å². The van der Waals surface area contributed by atoms with Crippen LogP contribution in [0.15, 0.2) is 153 Å². The number of sulfone groups is 1. The quantitative estimate of drug-likeness (QED) is 0.0101. The van der Waals surface area contributed by atoms with Gasteiger partial charge in [0, 0.05) is 136 Å². The van der Waals surface area contributed by atoms with E-state index in [2.05, 4.69) is 67.1 Å². The molecule has 3 fully saturated rings. The van der Waals surface area contributed by atoms with Crippen LogP contribution in [0.4, 0.5) is 30.2 Å². The number of carbonyl (C=O) groups excluding carboxylic acids is 6. The molecule has 10 rings (SSSR count). The van der Waals surface area contributed by atoms with Crippen molar-refractivity contribution in [3.63, 3.8) is 0 Å². The van der Waals surface area contributed by atoms with Gasteiger partial charge in [-0.15, -0.1) is 11.8 Å². The molecule has 4 heterocycles. The lowest BCUT2D eigenvalue weighted by Gasteiger charge is -2.39. The van der Waals surface area contributed by atoms with Crippen molar-refractivity contribution in [2.24, 2.45) is 10.5 Å². The Kier molecular flexibility index (Phi) is 25.7. The van der Waals surface area contributed by atoms with Gasteiger partial charge in [-0.3, -0.25) is 48.8 Å². The number of alkyl halides is 3. The number of nitrogens with one attached hydrogen (secondary N) is 6. The lowest BCUT2D eigenvalue weighted by atomic mass is 9.73. The Balaban J connectivity index is 0.658. The fraction of sp³-hybridized carbons (Fsp3) is 0.437. The molecular formula is C71H84ClF3N12O12S3. The summed E-state index contributed by atoms with van der Waals surface area (Å²) in [6.45, 7) is 11.9. The lowest BCUT2D eigenvalue weighted by Crippen LogP contribution is -2.54. The zero-order chi connectivity index (χ0) is 72.8. The minimum Gasteiger partial charge on any atom is -0.389 e. The first-order valence-electron chi connectivity index (χ1n) is 33.8. The summed E-state index contributed by atoms with van der Waals surface area (Å²) < 4.78 is 111. The third kappa shape index (κ3) is 19.7. The Bertz CT molecular complexity index is 4180. The monoisotopic (exact) mass is 1480 g/mol. The van der Waals surface area contributed by atoms with Crippen LogP contribution in [-0.4, -0.2) is 200 Å². The topological polar surface area (TPSA) is 302 Å². The second-order valence-electron chi connectivity index (χ2n) is 26.3. The standard InChI is InChI=1S/C71H84ClF3N12O12S3/c1-70(2)27-25-57(48-13-17-51(72)18-14-48)50(43-70)45-84-33-35-85(36-34-84)54-19-15-49(16-20-54)66(90)82-102(96,97)56-21-22-59(62(42-56)101(94,95)71(73,74)75)79-52(47-100-55-8-4-3-5-9-55)26-30-83-31-37-86(38-32-83)64(89)12-7-28-77-44-53(81-76)46-99-41-40-98-39-29-78-60-11-6-10-58-65(60)69(93)87(68(58)92)61-23-24-63(88)80-67(61)91/h3-6,8-11,13-22,42,44,52,61,76-79H,7,12,23-41,43,45-47H2,1-2H3,(H,82,90)(H,80,88,91)/b53-44-,81-76?/t52-,61?/m1/s1. The highest BCUT2D eigenvalue weighted by Gasteiger charge is 2.49. The van der Waals surface area contributed by atoms with E-state index in [1.165, 1.54) is 52.9 Å². The average Bonchev–Trinajstić information content (AvgIpc) is 1.27. The van der Waals surface area contributed by atoms with E-state index in [0.717, 1.165) is 66.5 Å². The van der Waals surface area contributed by atoms with Crippen molar-refractivity contribution in [3.05, 3.63) is 160 Å². The summed E-state index contributed by atoms with van der Waals surface area (Å²) in [4.78, 5) is 85.5. The van der Waals surface area contributed by atoms with Gasteiger partial charge in [0.1, 0.15) is 16.6 Å². The number of amides is 6. The van der Waals surface area contributed by atoms with E-state index in [-0.39, 0.29) is 86.0 Å². The Morgan fingerprint density at radius 1 is 0.814 bits per heavy atom. The number of anilines is 3. The van der Waals surface area contributed by atoms with E-state index in [4.69, 9.17) is 26.6 Å². The number of hydrogen-bond acceptors (Lipinski definition) is 21. The molecule has 2 atom stereocenters. The molecule has 0 spiro atoms. The average molecular weight is 1490 g/mol. The minimum atomic E-state index is -6.18. The molecule has 6 amide bonds. The molecule has 0 aromatic heterocycles. The van der Waals surface area contributed by atoms with Crippen molar-refractivity contribution in [1.82, 2.24) is 35.0 Å². The summed E-state index contributed by atoms with van der Waals surface area (Å²) in [6, 6.07) is 28.9. The Morgan fingerprint density at radius 3 is 2.24 bits per heavy atom. The van der Waals surface area contributed by atoms with Gasteiger partial charge in [0.2, 0.25) is 17.7 Å². The summed E-state index contributed by atoms with van der Waals surface area (Å²) in [6.07, 6.45) is 5.68. The maximum absolute atomic E-state index is 14.5. The van der Waals surface area contributed by atoms with E-state index in [9.17, 15) is 58.8 Å². The summed E-state index contributed by atoms with van der Waals surface area (Å²) >= 11 is 7.61. The highest BCUT2D eigenvalue weighted by atomic mass is 35.5. The van der Waals surface area contributed by atoms with Crippen LogP contribution in [0.5, 0.6) is 0 Å². The molecule has 0 bridgehead atoms. The molecule has 1 unspecified atom stereocenters. The molecule has 5 aromatic carbocycles. The second kappa shape index (κ2) is 34.4. The fourth-order valence-electron chi connectivity index (χ4n) is 13.0. The lowest BCUT2D eigenvalue weighted by molar-refractivity contribution is -0.136. The number of piperidine rings is 1. The van der Waals surface area contributed by atoms with Crippen LogP contribution >= 0.6 is 23.4 Å². The number of sulfonamides is 1. The number of imide groups is 2. The summed E-state index contributed by atoms with van der Waals surface area (Å²) in [5, 5.41) is 15.6. The van der Waals surface area contributed by atoms with Crippen LogP contribution in [0.3, 0.4) is 0 Å². The third-order valence-corrected chi connectivity index (χ3v) is 22.9. The molecule has 4 aliphatic heterocycles. The normalized spacial score (nSPS) is 18.2. The SMILES string of the molecule is CC1(C)CCC(c2ccc(Cl)cc2)=C(CN2CCN(c3ccc(C(=O)NS(=O)(=O)c4ccc(N[C@H](CCN5CCN(C(=O)CCCN/C=C(/COCCOCCNc6cccc7c6C(=O)N(C6CCC(=O)NC6=O)C7=O)N=N)CC5)CSc5ccccc5)c(S(=O)(=O)C(F)(F)F)c4)cc3)CC2)C1. The molecule has 546 valence electrons. The highest BCUT2D eigenvalue weighted by Crippen LogP contribution is 2.43. The predicted octanol–water partition coefficient (Wildman–Crippen LogP) is 9.43. The summed E-state index contributed by atoms with van der Waals surface area (Å²) in [5.74, 6) is -3.25. The number of nitrogens with zero attached hydrogens (tertiary/aromatic N) is 6. The number of piperazine rings is 2. The number of rotatable bonds is 32. The van der Waals surface area contributed by atoms with Gasteiger partial charge >= 0.3 is 5.51 Å². The van der Waals surface area contributed by atoms with Gasteiger partial charge in [-0.25, -0.2) is 27.1 Å². The van der Waals surface area contributed by atoms with E-state index in [1.807, 2.05) is 47.2 Å². The summed E-state index contributed by atoms with van der Waals surface area (Å²) in [5.41, 5.74) is 7.22. The van der Waals surface area contributed by atoms with Gasteiger partial charge in [-0.05, 0) is 134 Å². The molecule has 31 heteroatoms. The molecule has 102 heavy (non-hydrogen) atoms. The number of ether oxygens (including phenoxy) is 2. The first-order chi connectivity index (χ1) is 48.8. The van der Waals surface area contributed by atoms with Crippen LogP contribution in [0.25, 0.3) is 5.57 Å². The molecule has 1 aliphatic carbocycles. The predicted molar refractivity (Wildman–Crippen MR) is 381 cm³/mol. The number of fused-ring (bicyclic) bond motifs is 1. The second-order valence-corrected chi connectivity index (χ2v) is 31.5. The first kappa shape index (κ1) is 76.4. The molecule has 5 aliphatic rings. The van der Waals surface area contributed by atoms with E-state index >= 15 is 0 Å². The van der Waals surface area contributed by atoms with Crippen molar-refractivity contribution in [3.8, 4) is 0 Å². The van der Waals surface area contributed by atoms with Gasteiger partial charge in [-0.1, -0.05) is 67.4 Å². The largest absolute Gasteiger partial charge is 0.501 e. The third-order valence-electron chi connectivity index (χ3n) is 18.6. The zero-order valence-corrected chi connectivity index (χ0v) is 59.9. The van der Waals surface area contributed by atoms with Crippen LogP contribution in [0, 0.1) is 10.9 Å². The molecular weight excluding hydrogens is 1400 g/mol. The van der Waals surface area contributed by atoms with Crippen LogP contribution in [0.1, 0.15) is 102 Å². The van der Waals surface area contributed by atoms with E-state index in [1.54, 1.807) is 29.2 Å². The van der Waals surface area contributed by atoms with Crippen molar-refractivity contribution in [2.45, 2.75) is 97.5 Å². The zero-order valence-electron chi connectivity index (χ0n) is 56.7. The molecule has 6 N–H and O–H groups in total. The van der Waals surface area contributed by atoms with Crippen LogP contribution in [-0.2, 0) is 43.7 Å². The fourth-order valence-corrected chi connectivity index (χ4v) is 16.1. The molecule has 0 radical (unpaired) electrons. The van der Waals surface area contributed by atoms with Crippen molar-refractivity contribution < 1.29 is 68.2 Å². The molecule has 24 nitrogen and oxygen atoms in total. The van der Waals surface area contributed by atoms with Gasteiger partial charge in [0.25, 0.3) is 37.6 Å². The minimum absolute atomic E-state index is 0.00724. The van der Waals surface area contributed by atoms with Gasteiger partial charge in [-0.2, -0.15) is 18.3 Å². The van der Waals surface area contributed by atoms with Crippen molar-refractivity contribution in [2.75, 3.05) is 126 Å². The molecule has 3 saturated heterocycles. The smallest absolute Gasteiger partial charge is 0.389 e. The number of hydrogen-bond donors (Lipinski definition) is 6.